The largest absolute Gasteiger partial charge is 0.485 e. The lowest BCUT2D eigenvalue weighted by Crippen LogP contribution is -2.15. The number of hydrogen-bond acceptors (Lipinski definition) is 5. The van der Waals surface area contributed by atoms with E-state index in [9.17, 15) is 0 Å². The summed E-state index contributed by atoms with van der Waals surface area (Å²) in [4.78, 5) is 1.44. The first-order valence-corrected chi connectivity index (χ1v) is 4.80. The van der Waals surface area contributed by atoms with Gasteiger partial charge in [0.25, 0.3) is 0 Å². The van der Waals surface area contributed by atoms with Crippen LogP contribution >= 0.6 is 11.3 Å². The number of rotatable bonds is 2. The summed E-state index contributed by atoms with van der Waals surface area (Å²) in [6.45, 7) is 0.857. The van der Waals surface area contributed by atoms with Gasteiger partial charge in [-0.1, -0.05) is 0 Å². The Kier molecular flexibility index (Phi) is 2.39. The van der Waals surface area contributed by atoms with Crippen LogP contribution in [0.1, 0.15) is 9.75 Å². The Bertz CT molecular complexity index is 279. The maximum Gasteiger partial charge on any atom is 0.178 e. The molecule has 1 aromatic heterocycles. The van der Waals surface area contributed by atoms with Crippen LogP contribution in [0.15, 0.2) is 0 Å². The minimum atomic E-state index is -0.0731. The summed E-state index contributed by atoms with van der Waals surface area (Å²) in [5.41, 5.74) is 0. The van der Waals surface area contributed by atoms with Crippen molar-refractivity contribution in [2.75, 3.05) is 13.2 Å². The molecule has 0 spiro atoms. The van der Waals surface area contributed by atoms with Gasteiger partial charge in [0, 0.05) is 0 Å². The molecule has 0 amide bonds. The zero-order valence-corrected chi connectivity index (χ0v) is 7.76. The molecular formula is C8H10O4S. The van der Waals surface area contributed by atoms with Crippen molar-refractivity contribution in [2.24, 2.45) is 0 Å². The summed E-state index contributed by atoms with van der Waals surface area (Å²) in [6, 6.07) is 0. The molecule has 4 nitrogen and oxygen atoms in total. The minimum Gasteiger partial charge on any atom is -0.485 e. The Balaban J connectivity index is 2.44. The van der Waals surface area contributed by atoms with Crippen LogP contribution in [-0.4, -0.2) is 23.4 Å². The zero-order chi connectivity index (χ0) is 9.26. The van der Waals surface area contributed by atoms with E-state index in [4.69, 9.17) is 19.7 Å². The van der Waals surface area contributed by atoms with Crippen LogP contribution in [0.4, 0.5) is 0 Å². The molecule has 2 heterocycles. The van der Waals surface area contributed by atoms with E-state index >= 15 is 0 Å². The lowest BCUT2D eigenvalue weighted by Gasteiger charge is -2.16. The number of thiophene rings is 1. The van der Waals surface area contributed by atoms with Gasteiger partial charge in [-0.2, -0.15) is 0 Å². The van der Waals surface area contributed by atoms with Gasteiger partial charge in [-0.3, -0.25) is 0 Å². The average molecular weight is 202 g/mol. The quantitative estimate of drug-likeness (QED) is 0.733. The third-order valence-electron chi connectivity index (χ3n) is 1.82. The summed E-state index contributed by atoms with van der Waals surface area (Å²) in [5, 5.41) is 18.0. The Labute approximate surface area is 79.3 Å². The first-order valence-electron chi connectivity index (χ1n) is 3.98. The maximum atomic E-state index is 9.00. The van der Waals surface area contributed by atoms with Gasteiger partial charge in [-0.25, -0.2) is 0 Å². The van der Waals surface area contributed by atoms with Crippen molar-refractivity contribution in [2.45, 2.75) is 13.2 Å². The standard InChI is InChI=1S/C8H10O4S/c9-3-5-7-8(6(4-10)13-5)12-2-1-11-7/h9-10H,1-4H2. The summed E-state index contributed by atoms with van der Waals surface area (Å²) in [5.74, 6) is 1.20. The van der Waals surface area contributed by atoms with Crippen LogP contribution in [0, 0.1) is 0 Å². The molecule has 2 N–H and O–H groups in total. The average Bonchev–Trinajstić information content (AvgIpc) is 2.56. The predicted octanol–water partition coefficient (Wildman–Crippen LogP) is 0.504. The highest BCUT2D eigenvalue weighted by Gasteiger charge is 2.23. The lowest BCUT2D eigenvalue weighted by atomic mass is 10.3. The topological polar surface area (TPSA) is 58.9 Å². The molecular weight excluding hydrogens is 192 g/mol. The molecule has 0 radical (unpaired) electrons. The summed E-state index contributed by atoms with van der Waals surface area (Å²) >= 11 is 1.33. The predicted molar refractivity (Wildman–Crippen MR) is 47.2 cm³/mol. The lowest BCUT2D eigenvalue weighted by molar-refractivity contribution is 0.163. The van der Waals surface area contributed by atoms with Gasteiger partial charge in [0.15, 0.2) is 11.5 Å². The van der Waals surface area contributed by atoms with Gasteiger partial charge in [-0.15, -0.1) is 11.3 Å². The van der Waals surface area contributed by atoms with Crippen LogP contribution in [0.2, 0.25) is 0 Å². The van der Waals surface area contributed by atoms with E-state index < -0.39 is 0 Å². The molecule has 0 atom stereocenters. The van der Waals surface area contributed by atoms with Gasteiger partial charge in [0.05, 0.1) is 23.0 Å². The maximum absolute atomic E-state index is 9.00. The molecule has 0 saturated carbocycles. The van der Waals surface area contributed by atoms with Crippen LogP contribution < -0.4 is 9.47 Å². The van der Waals surface area contributed by atoms with Gasteiger partial charge in [0.2, 0.25) is 0 Å². The first-order chi connectivity index (χ1) is 6.36. The zero-order valence-electron chi connectivity index (χ0n) is 6.95. The highest BCUT2D eigenvalue weighted by atomic mass is 32.1. The van der Waals surface area contributed by atoms with Crippen LogP contribution in [-0.2, 0) is 13.2 Å². The fourth-order valence-corrected chi connectivity index (χ4v) is 2.20. The minimum absolute atomic E-state index is 0.0731. The van der Waals surface area contributed by atoms with Gasteiger partial charge >= 0.3 is 0 Å². The van der Waals surface area contributed by atoms with Crippen molar-refractivity contribution >= 4 is 11.3 Å². The van der Waals surface area contributed by atoms with Gasteiger partial charge in [0.1, 0.15) is 13.2 Å². The van der Waals surface area contributed by atoms with E-state index in [2.05, 4.69) is 0 Å². The van der Waals surface area contributed by atoms with Crippen LogP contribution in [0.25, 0.3) is 0 Å². The molecule has 0 fully saturated rings. The summed E-state index contributed by atoms with van der Waals surface area (Å²) < 4.78 is 10.7. The van der Waals surface area contributed by atoms with E-state index in [1.807, 2.05) is 0 Å². The Hall–Kier alpha value is -0.780. The Morgan fingerprint density at radius 3 is 1.85 bits per heavy atom. The monoisotopic (exact) mass is 202 g/mol. The van der Waals surface area contributed by atoms with Crippen LogP contribution in [0.3, 0.4) is 0 Å². The molecule has 1 aromatic rings. The van der Waals surface area contributed by atoms with Crippen molar-refractivity contribution in [3.8, 4) is 11.5 Å². The molecule has 0 bridgehead atoms. The molecule has 13 heavy (non-hydrogen) atoms. The fraction of sp³-hybridized carbons (Fsp3) is 0.500. The van der Waals surface area contributed by atoms with Gasteiger partial charge < -0.3 is 19.7 Å². The molecule has 1 aliphatic heterocycles. The molecule has 0 aliphatic carbocycles. The SMILES string of the molecule is OCc1sc(CO)c2c1OCCO2. The summed E-state index contributed by atoms with van der Waals surface area (Å²) in [6.07, 6.45) is 0. The highest BCUT2D eigenvalue weighted by molar-refractivity contribution is 7.12. The van der Waals surface area contributed by atoms with Crippen molar-refractivity contribution in [1.29, 1.82) is 0 Å². The number of aliphatic hydroxyl groups is 2. The van der Waals surface area contributed by atoms with Crippen molar-refractivity contribution in [3.05, 3.63) is 9.75 Å². The second kappa shape index (κ2) is 3.53. The molecule has 2 rings (SSSR count). The molecule has 72 valence electrons. The number of ether oxygens (including phenoxy) is 2. The normalized spacial score (nSPS) is 14.6. The smallest absolute Gasteiger partial charge is 0.178 e. The summed E-state index contributed by atoms with van der Waals surface area (Å²) in [7, 11) is 0. The molecule has 0 aromatic carbocycles. The Morgan fingerprint density at radius 1 is 1.00 bits per heavy atom. The van der Waals surface area contributed by atoms with Crippen molar-refractivity contribution < 1.29 is 19.7 Å². The number of fused-ring (bicyclic) bond motifs is 1. The fourth-order valence-electron chi connectivity index (χ4n) is 1.28. The molecule has 0 unspecified atom stereocenters. The number of hydrogen-bond donors (Lipinski definition) is 2. The van der Waals surface area contributed by atoms with Crippen molar-refractivity contribution in [1.82, 2.24) is 0 Å². The molecule has 0 saturated heterocycles. The Morgan fingerprint density at radius 2 is 1.46 bits per heavy atom. The molecule has 1 aliphatic rings. The van der Waals surface area contributed by atoms with E-state index in [0.29, 0.717) is 24.7 Å². The second-order valence-electron chi connectivity index (χ2n) is 2.62. The van der Waals surface area contributed by atoms with Crippen LogP contribution in [0.5, 0.6) is 11.5 Å². The molecule has 5 heteroatoms. The third-order valence-corrected chi connectivity index (χ3v) is 2.94. The number of aliphatic hydroxyl groups excluding tert-OH is 2. The third kappa shape index (κ3) is 1.39. The van der Waals surface area contributed by atoms with E-state index in [1.165, 1.54) is 11.3 Å². The first kappa shape index (κ1) is 8.80. The highest BCUT2D eigenvalue weighted by Crippen LogP contribution is 2.43. The van der Waals surface area contributed by atoms with Gasteiger partial charge in [-0.05, 0) is 0 Å². The second-order valence-corrected chi connectivity index (χ2v) is 3.81. The van der Waals surface area contributed by atoms with E-state index in [-0.39, 0.29) is 13.2 Å². The van der Waals surface area contributed by atoms with E-state index in [1.54, 1.807) is 0 Å². The van der Waals surface area contributed by atoms with Crippen molar-refractivity contribution in [3.63, 3.8) is 0 Å². The van der Waals surface area contributed by atoms with E-state index in [0.717, 1.165) is 9.75 Å².